The number of nitrogens with two attached hydrogens (primary N) is 1. The minimum absolute atomic E-state index is 0.634. The SMILES string of the molecule is COc1ccc(-c2nnc(SCCN)n2C)cc1. The fourth-order valence-electron chi connectivity index (χ4n) is 1.58. The van der Waals surface area contributed by atoms with Crippen molar-refractivity contribution in [2.75, 3.05) is 19.4 Å². The molecule has 0 bridgehead atoms. The van der Waals surface area contributed by atoms with Crippen LogP contribution in [0.1, 0.15) is 0 Å². The molecule has 6 heteroatoms. The van der Waals surface area contributed by atoms with Crippen molar-refractivity contribution in [2.45, 2.75) is 5.16 Å². The molecule has 18 heavy (non-hydrogen) atoms. The zero-order valence-electron chi connectivity index (χ0n) is 10.5. The van der Waals surface area contributed by atoms with Crippen LogP contribution in [-0.2, 0) is 7.05 Å². The van der Waals surface area contributed by atoms with E-state index in [4.69, 9.17) is 10.5 Å². The molecular weight excluding hydrogens is 248 g/mol. The van der Waals surface area contributed by atoms with Crippen LogP contribution in [0.5, 0.6) is 5.75 Å². The highest BCUT2D eigenvalue weighted by Crippen LogP contribution is 2.23. The molecule has 0 amide bonds. The number of ether oxygens (including phenoxy) is 1. The van der Waals surface area contributed by atoms with Gasteiger partial charge in [-0.05, 0) is 24.3 Å². The highest BCUT2D eigenvalue weighted by atomic mass is 32.2. The van der Waals surface area contributed by atoms with E-state index in [1.807, 2.05) is 35.9 Å². The molecule has 0 fully saturated rings. The van der Waals surface area contributed by atoms with Gasteiger partial charge in [0.15, 0.2) is 11.0 Å². The van der Waals surface area contributed by atoms with Crippen molar-refractivity contribution in [3.63, 3.8) is 0 Å². The Labute approximate surface area is 110 Å². The molecule has 0 atom stereocenters. The number of hydrogen-bond acceptors (Lipinski definition) is 5. The summed E-state index contributed by atoms with van der Waals surface area (Å²) < 4.78 is 7.11. The van der Waals surface area contributed by atoms with Crippen LogP contribution in [0, 0.1) is 0 Å². The summed E-state index contributed by atoms with van der Waals surface area (Å²) in [7, 11) is 3.61. The normalized spacial score (nSPS) is 10.6. The van der Waals surface area contributed by atoms with Crippen LogP contribution >= 0.6 is 11.8 Å². The first-order chi connectivity index (χ1) is 8.76. The van der Waals surface area contributed by atoms with Crippen LogP contribution in [0.15, 0.2) is 29.4 Å². The fourth-order valence-corrected chi connectivity index (χ4v) is 2.26. The van der Waals surface area contributed by atoms with E-state index in [0.717, 1.165) is 28.0 Å². The molecular formula is C12H16N4OS. The molecule has 1 aromatic heterocycles. The van der Waals surface area contributed by atoms with Crippen LogP contribution in [0.3, 0.4) is 0 Å². The van der Waals surface area contributed by atoms with Crippen LogP contribution in [-0.4, -0.2) is 34.2 Å². The number of nitrogens with zero attached hydrogens (tertiary/aromatic N) is 3. The van der Waals surface area contributed by atoms with E-state index in [-0.39, 0.29) is 0 Å². The third kappa shape index (κ3) is 2.65. The van der Waals surface area contributed by atoms with E-state index >= 15 is 0 Å². The van der Waals surface area contributed by atoms with Crippen molar-refractivity contribution >= 4 is 11.8 Å². The molecule has 0 saturated carbocycles. The number of hydrogen-bond donors (Lipinski definition) is 1. The minimum atomic E-state index is 0.634. The summed E-state index contributed by atoms with van der Waals surface area (Å²) in [5.74, 6) is 2.52. The van der Waals surface area contributed by atoms with E-state index in [1.165, 1.54) is 0 Å². The van der Waals surface area contributed by atoms with Crippen LogP contribution < -0.4 is 10.5 Å². The van der Waals surface area contributed by atoms with Gasteiger partial charge >= 0.3 is 0 Å². The Morgan fingerprint density at radius 2 is 2.00 bits per heavy atom. The molecule has 0 aliphatic heterocycles. The first-order valence-electron chi connectivity index (χ1n) is 5.63. The van der Waals surface area contributed by atoms with Crippen molar-refractivity contribution < 1.29 is 4.74 Å². The maximum atomic E-state index is 5.48. The Hall–Kier alpha value is -1.53. The van der Waals surface area contributed by atoms with Gasteiger partial charge in [-0.2, -0.15) is 0 Å². The molecule has 0 aliphatic carbocycles. The summed E-state index contributed by atoms with van der Waals surface area (Å²) in [6.45, 7) is 0.634. The first-order valence-corrected chi connectivity index (χ1v) is 6.61. The van der Waals surface area contributed by atoms with Crippen molar-refractivity contribution in [2.24, 2.45) is 12.8 Å². The lowest BCUT2D eigenvalue weighted by Crippen LogP contribution is -2.03. The van der Waals surface area contributed by atoms with Gasteiger partial charge in [0.25, 0.3) is 0 Å². The van der Waals surface area contributed by atoms with Gasteiger partial charge in [-0.15, -0.1) is 10.2 Å². The quantitative estimate of drug-likeness (QED) is 0.830. The standard InChI is InChI=1S/C12H16N4OS/c1-16-11(14-15-12(16)18-8-7-13)9-3-5-10(17-2)6-4-9/h3-6H,7-8,13H2,1-2H3. The van der Waals surface area contributed by atoms with Crippen molar-refractivity contribution in [1.82, 2.24) is 14.8 Å². The monoisotopic (exact) mass is 264 g/mol. The van der Waals surface area contributed by atoms with E-state index in [0.29, 0.717) is 6.54 Å². The second kappa shape index (κ2) is 5.88. The van der Waals surface area contributed by atoms with E-state index in [9.17, 15) is 0 Å². The molecule has 2 N–H and O–H groups in total. The van der Waals surface area contributed by atoms with Gasteiger partial charge in [-0.1, -0.05) is 11.8 Å². The Morgan fingerprint density at radius 1 is 1.28 bits per heavy atom. The van der Waals surface area contributed by atoms with Crippen LogP contribution in [0.4, 0.5) is 0 Å². The largest absolute Gasteiger partial charge is 0.497 e. The molecule has 5 nitrogen and oxygen atoms in total. The summed E-state index contributed by atoms with van der Waals surface area (Å²) in [4.78, 5) is 0. The predicted molar refractivity (Wildman–Crippen MR) is 72.8 cm³/mol. The van der Waals surface area contributed by atoms with E-state index < -0.39 is 0 Å². The zero-order valence-corrected chi connectivity index (χ0v) is 11.3. The molecule has 0 radical (unpaired) electrons. The Balaban J connectivity index is 2.24. The molecule has 1 aromatic carbocycles. The summed E-state index contributed by atoms with van der Waals surface area (Å²) in [6.07, 6.45) is 0. The van der Waals surface area contributed by atoms with E-state index in [2.05, 4.69) is 10.2 Å². The smallest absolute Gasteiger partial charge is 0.191 e. The molecule has 1 heterocycles. The van der Waals surface area contributed by atoms with Gasteiger partial charge in [0.2, 0.25) is 0 Å². The second-order valence-electron chi connectivity index (χ2n) is 3.73. The summed E-state index contributed by atoms with van der Waals surface area (Å²) >= 11 is 1.61. The lowest BCUT2D eigenvalue weighted by molar-refractivity contribution is 0.415. The van der Waals surface area contributed by atoms with Crippen molar-refractivity contribution in [3.05, 3.63) is 24.3 Å². The molecule has 2 rings (SSSR count). The average Bonchev–Trinajstić information content (AvgIpc) is 2.78. The van der Waals surface area contributed by atoms with Gasteiger partial charge in [0, 0.05) is 24.9 Å². The van der Waals surface area contributed by atoms with Crippen LogP contribution in [0.25, 0.3) is 11.4 Å². The van der Waals surface area contributed by atoms with Gasteiger partial charge in [-0.3, -0.25) is 0 Å². The maximum absolute atomic E-state index is 5.48. The lowest BCUT2D eigenvalue weighted by atomic mass is 10.2. The highest BCUT2D eigenvalue weighted by Gasteiger charge is 2.10. The molecule has 0 aliphatic rings. The minimum Gasteiger partial charge on any atom is -0.497 e. The second-order valence-corrected chi connectivity index (χ2v) is 4.79. The maximum Gasteiger partial charge on any atom is 0.191 e. The average molecular weight is 264 g/mol. The first kappa shape index (κ1) is 12.9. The number of thioether (sulfide) groups is 1. The van der Waals surface area contributed by atoms with E-state index in [1.54, 1.807) is 18.9 Å². The summed E-state index contributed by atoms with van der Waals surface area (Å²) in [5.41, 5.74) is 6.50. The van der Waals surface area contributed by atoms with Crippen LogP contribution in [0.2, 0.25) is 0 Å². The fraction of sp³-hybridized carbons (Fsp3) is 0.333. The third-order valence-corrected chi connectivity index (χ3v) is 3.59. The lowest BCUT2D eigenvalue weighted by Gasteiger charge is -2.04. The Morgan fingerprint density at radius 3 is 2.61 bits per heavy atom. The molecule has 96 valence electrons. The van der Waals surface area contributed by atoms with Crippen molar-refractivity contribution in [3.8, 4) is 17.1 Å². The number of benzene rings is 1. The summed E-state index contributed by atoms with van der Waals surface area (Å²) in [5, 5.41) is 9.25. The van der Waals surface area contributed by atoms with Gasteiger partial charge in [-0.25, -0.2) is 0 Å². The molecule has 0 unspecified atom stereocenters. The molecule has 2 aromatic rings. The van der Waals surface area contributed by atoms with Crippen molar-refractivity contribution in [1.29, 1.82) is 0 Å². The summed E-state index contributed by atoms with van der Waals surface area (Å²) in [6, 6.07) is 7.77. The number of methoxy groups -OCH3 is 1. The Bertz CT molecular complexity index is 509. The predicted octanol–water partition coefficient (Wildman–Crippen LogP) is 1.54. The number of aromatic nitrogens is 3. The van der Waals surface area contributed by atoms with Gasteiger partial charge in [0.05, 0.1) is 7.11 Å². The third-order valence-electron chi connectivity index (χ3n) is 2.53. The topological polar surface area (TPSA) is 66.0 Å². The molecule has 0 saturated heterocycles. The number of rotatable bonds is 5. The molecule has 0 spiro atoms. The Kier molecular flexibility index (Phi) is 4.22. The highest BCUT2D eigenvalue weighted by molar-refractivity contribution is 7.99. The zero-order chi connectivity index (χ0) is 13.0. The van der Waals surface area contributed by atoms with Gasteiger partial charge < -0.3 is 15.0 Å². The van der Waals surface area contributed by atoms with Gasteiger partial charge in [0.1, 0.15) is 5.75 Å².